The van der Waals surface area contributed by atoms with E-state index in [1.54, 1.807) is 19.2 Å². The summed E-state index contributed by atoms with van der Waals surface area (Å²) in [6.45, 7) is 0. The fraction of sp³-hybridized carbons (Fsp3) is 0.185. The van der Waals surface area contributed by atoms with Crippen LogP contribution < -0.4 is 10.1 Å². The lowest BCUT2D eigenvalue weighted by molar-refractivity contribution is -0.116. The molecule has 33 heavy (non-hydrogen) atoms. The van der Waals surface area contributed by atoms with E-state index in [-0.39, 0.29) is 23.6 Å². The first-order chi connectivity index (χ1) is 16.1. The number of nitrogens with zero attached hydrogens (tertiary/aromatic N) is 2. The van der Waals surface area contributed by atoms with E-state index >= 15 is 0 Å². The minimum Gasteiger partial charge on any atom is -0.497 e. The number of carbonyl (C=O) groups is 1. The highest BCUT2D eigenvalue weighted by atomic mass is 19.1. The Balaban J connectivity index is 1.48. The number of para-hydroxylation sites is 2. The first-order valence-electron chi connectivity index (χ1n) is 11.0. The highest BCUT2D eigenvalue weighted by Gasteiger charge is 2.39. The molecule has 0 amide bonds. The van der Waals surface area contributed by atoms with Crippen molar-refractivity contribution in [3.63, 3.8) is 0 Å². The Labute approximate surface area is 190 Å². The minimum atomic E-state index is -0.353. The molecular formula is C27H22FN3O2. The lowest BCUT2D eigenvalue weighted by Crippen LogP contribution is -2.33. The number of allylic oxidation sites excluding steroid dienone is 2. The third-order valence-electron chi connectivity index (χ3n) is 6.67. The lowest BCUT2D eigenvalue weighted by Gasteiger charge is -2.36. The van der Waals surface area contributed by atoms with Crippen LogP contribution >= 0.6 is 0 Å². The number of hydrogen-bond acceptors (Lipinski definition) is 4. The zero-order valence-corrected chi connectivity index (χ0v) is 18.1. The maximum absolute atomic E-state index is 13.7. The number of aromatic nitrogens is 2. The number of halogens is 1. The highest BCUT2D eigenvalue weighted by molar-refractivity contribution is 6.01. The van der Waals surface area contributed by atoms with E-state index in [9.17, 15) is 9.18 Å². The molecule has 1 aliphatic heterocycles. The van der Waals surface area contributed by atoms with Gasteiger partial charge in [0.2, 0.25) is 5.95 Å². The molecule has 0 saturated heterocycles. The molecule has 0 saturated carbocycles. The average Bonchev–Trinajstić information content (AvgIpc) is 3.21. The molecule has 0 radical (unpaired) electrons. The Morgan fingerprint density at radius 2 is 1.70 bits per heavy atom. The summed E-state index contributed by atoms with van der Waals surface area (Å²) >= 11 is 0. The predicted octanol–water partition coefficient (Wildman–Crippen LogP) is 5.60. The zero-order chi connectivity index (χ0) is 22.5. The van der Waals surface area contributed by atoms with Crippen molar-refractivity contribution in [3.05, 3.63) is 101 Å². The van der Waals surface area contributed by atoms with E-state index in [0.29, 0.717) is 18.8 Å². The van der Waals surface area contributed by atoms with Gasteiger partial charge in [-0.15, -0.1) is 0 Å². The second kappa shape index (κ2) is 7.59. The van der Waals surface area contributed by atoms with Crippen LogP contribution in [0.3, 0.4) is 0 Å². The maximum atomic E-state index is 13.7. The fourth-order valence-electron chi connectivity index (χ4n) is 5.10. The van der Waals surface area contributed by atoms with Gasteiger partial charge in [0.05, 0.1) is 24.2 Å². The number of methoxy groups -OCH3 is 1. The van der Waals surface area contributed by atoms with E-state index in [2.05, 4.69) is 9.88 Å². The van der Waals surface area contributed by atoms with Crippen molar-refractivity contribution in [1.82, 2.24) is 9.55 Å². The van der Waals surface area contributed by atoms with Crippen LogP contribution in [0.5, 0.6) is 5.75 Å². The van der Waals surface area contributed by atoms with E-state index in [1.807, 2.05) is 48.5 Å². The molecule has 2 atom stereocenters. The molecule has 1 aromatic heterocycles. The zero-order valence-electron chi connectivity index (χ0n) is 18.1. The van der Waals surface area contributed by atoms with Crippen LogP contribution in [0.1, 0.15) is 35.9 Å². The fourth-order valence-corrected chi connectivity index (χ4v) is 5.10. The van der Waals surface area contributed by atoms with Gasteiger partial charge in [0, 0.05) is 17.7 Å². The number of hydrogen-bond donors (Lipinski definition) is 1. The van der Waals surface area contributed by atoms with Crippen LogP contribution in [-0.4, -0.2) is 22.4 Å². The second-order valence-electron chi connectivity index (χ2n) is 8.57. The van der Waals surface area contributed by atoms with E-state index < -0.39 is 0 Å². The first kappa shape index (κ1) is 19.7. The third kappa shape index (κ3) is 3.21. The third-order valence-corrected chi connectivity index (χ3v) is 6.67. The molecule has 2 heterocycles. The van der Waals surface area contributed by atoms with Gasteiger partial charge in [-0.25, -0.2) is 9.37 Å². The van der Waals surface area contributed by atoms with E-state index in [4.69, 9.17) is 9.72 Å². The highest BCUT2D eigenvalue weighted by Crippen LogP contribution is 2.46. The summed E-state index contributed by atoms with van der Waals surface area (Å²) in [5.74, 6) is 1.36. The SMILES string of the molecule is COc1ccc(C2CC(=O)C3=C(C2)Nc2nc4ccccc4n2C3c2ccc(F)cc2)cc1. The monoisotopic (exact) mass is 439 g/mol. The summed E-state index contributed by atoms with van der Waals surface area (Å²) in [6.07, 6.45) is 1.13. The number of Topliss-reactive ketones (excluding diaryl/α,β-unsaturated/α-hetero) is 1. The van der Waals surface area contributed by atoms with Gasteiger partial charge in [0.1, 0.15) is 11.6 Å². The molecule has 164 valence electrons. The largest absolute Gasteiger partial charge is 0.497 e. The van der Waals surface area contributed by atoms with Gasteiger partial charge in [-0.3, -0.25) is 9.36 Å². The molecule has 3 aromatic carbocycles. The second-order valence-corrected chi connectivity index (χ2v) is 8.57. The molecule has 2 aliphatic rings. The average molecular weight is 439 g/mol. The van der Waals surface area contributed by atoms with E-state index in [1.165, 1.54) is 12.1 Å². The van der Waals surface area contributed by atoms with Gasteiger partial charge in [-0.1, -0.05) is 36.4 Å². The molecule has 0 bridgehead atoms. The molecular weight excluding hydrogens is 417 g/mol. The van der Waals surface area contributed by atoms with Gasteiger partial charge in [-0.2, -0.15) is 0 Å². The summed E-state index contributed by atoms with van der Waals surface area (Å²) < 4.78 is 21.1. The molecule has 1 aliphatic carbocycles. The topological polar surface area (TPSA) is 56.1 Å². The number of ketones is 1. The maximum Gasteiger partial charge on any atom is 0.209 e. The summed E-state index contributed by atoms with van der Waals surface area (Å²) in [5, 5.41) is 3.46. The van der Waals surface area contributed by atoms with Crippen LogP contribution in [-0.2, 0) is 4.79 Å². The standard InChI is InChI=1S/C27H22FN3O2/c1-33-20-12-8-16(9-13-20)18-14-22-25(24(32)15-18)26(17-6-10-19(28)11-7-17)31-23-5-3-2-4-21(23)29-27(31)30-22/h2-13,18,26H,14-15H2,1H3,(H,29,30). The minimum absolute atomic E-state index is 0.0689. The Morgan fingerprint density at radius 1 is 0.970 bits per heavy atom. The van der Waals surface area contributed by atoms with Crippen molar-refractivity contribution >= 4 is 22.8 Å². The van der Waals surface area contributed by atoms with Crippen molar-refractivity contribution < 1.29 is 13.9 Å². The Morgan fingerprint density at radius 3 is 2.45 bits per heavy atom. The number of rotatable bonds is 3. The van der Waals surface area contributed by atoms with Crippen molar-refractivity contribution in [1.29, 1.82) is 0 Å². The number of anilines is 1. The van der Waals surface area contributed by atoms with Crippen molar-refractivity contribution in [2.75, 3.05) is 12.4 Å². The van der Waals surface area contributed by atoms with Crippen molar-refractivity contribution in [2.24, 2.45) is 0 Å². The lowest BCUT2D eigenvalue weighted by atomic mass is 9.77. The molecule has 2 unspecified atom stereocenters. The van der Waals surface area contributed by atoms with Crippen LogP contribution in [0.25, 0.3) is 11.0 Å². The van der Waals surface area contributed by atoms with Gasteiger partial charge in [-0.05, 0) is 59.9 Å². The molecule has 0 fully saturated rings. The molecule has 1 N–H and O–H groups in total. The molecule has 6 heteroatoms. The number of ether oxygens (including phenoxy) is 1. The molecule has 5 nitrogen and oxygen atoms in total. The quantitative estimate of drug-likeness (QED) is 0.452. The molecule has 4 aromatic rings. The molecule has 0 spiro atoms. The first-order valence-corrected chi connectivity index (χ1v) is 11.0. The van der Waals surface area contributed by atoms with Crippen LogP contribution in [0, 0.1) is 5.82 Å². The number of fused-ring (bicyclic) bond motifs is 3. The Bertz CT molecular complexity index is 1400. The number of imidazole rings is 1. The van der Waals surface area contributed by atoms with Crippen LogP contribution in [0.4, 0.5) is 10.3 Å². The Kier molecular flexibility index (Phi) is 4.54. The number of benzene rings is 3. The smallest absolute Gasteiger partial charge is 0.209 e. The van der Waals surface area contributed by atoms with Crippen molar-refractivity contribution in [2.45, 2.75) is 24.8 Å². The summed E-state index contributed by atoms with van der Waals surface area (Å²) in [4.78, 5) is 18.4. The van der Waals surface area contributed by atoms with Gasteiger partial charge in [0.25, 0.3) is 0 Å². The van der Waals surface area contributed by atoms with Crippen LogP contribution in [0.2, 0.25) is 0 Å². The Hall–Kier alpha value is -3.93. The van der Waals surface area contributed by atoms with Gasteiger partial charge < -0.3 is 10.1 Å². The summed E-state index contributed by atoms with van der Waals surface area (Å²) in [6, 6.07) is 21.9. The van der Waals surface area contributed by atoms with E-state index in [0.717, 1.165) is 39.2 Å². The molecule has 6 rings (SSSR count). The van der Waals surface area contributed by atoms with Gasteiger partial charge in [0.15, 0.2) is 5.78 Å². The summed E-state index contributed by atoms with van der Waals surface area (Å²) in [5.41, 5.74) is 5.39. The number of nitrogens with one attached hydrogen (secondary N) is 1. The normalized spacial score (nSPS) is 19.8. The van der Waals surface area contributed by atoms with Crippen molar-refractivity contribution in [3.8, 4) is 5.75 Å². The number of carbonyl (C=O) groups excluding carboxylic acids is 1. The predicted molar refractivity (Wildman–Crippen MR) is 125 cm³/mol. The summed E-state index contributed by atoms with van der Waals surface area (Å²) in [7, 11) is 1.64. The van der Waals surface area contributed by atoms with Crippen LogP contribution in [0.15, 0.2) is 84.1 Å². The van der Waals surface area contributed by atoms with Gasteiger partial charge >= 0.3 is 0 Å².